The van der Waals surface area contributed by atoms with Gasteiger partial charge in [-0.3, -0.25) is 5.10 Å². The Balaban J connectivity index is 1.47. The molecule has 0 amide bonds. The van der Waals surface area contributed by atoms with Gasteiger partial charge in [-0.1, -0.05) is 13.8 Å². The van der Waals surface area contributed by atoms with E-state index in [-0.39, 0.29) is 11.7 Å². The average molecular weight is 489 g/mol. The average Bonchev–Trinajstić information content (AvgIpc) is 3.21. The monoisotopic (exact) mass is 488 g/mol. The molecule has 1 heterocycles. The Morgan fingerprint density at radius 1 is 0.879 bits per heavy atom. The summed E-state index contributed by atoms with van der Waals surface area (Å²) in [5, 5.41) is 7.85. The minimum atomic E-state index is -1.68. The summed E-state index contributed by atoms with van der Waals surface area (Å²) in [6.07, 6.45) is 11.4. The Labute approximate surface area is 204 Å². The lowest BCUT2D eigenvalue weighted by molar-refractivity contribution is -0.150. The summed E-state index contributed by atoms with van der Waals surface area (Å²) in [6.45, 7) is 21.8. The first kappa shape index (κ1) is 24.3. The van der Waals surface area contributed by atoms with E-state index < -0.39 is 16.6 Å². The molecule has 33 heavy (non-hydrogen) atoms. The summed E-state index contributed by atoms with van der Waals surface area (Å²) in [4.78, 5) is 0. The molecule has 4 aliphatic carbocycles. The molecule has 4 aliphatic rings. The first-order valence-corrected chi connectivity index (χ1v) is 20.4. The Bertz CT molecular complexity index is 905. The first-order chi connectivity index (χ1) is 15.2. The van der Waals surface area contributed by atoms with E-state index in [9.17, 15) is 0 Å². The summed E-state index contributed by atoms with van der Waals surface area (Å²) >= 11 is 0. The van der Waals surface area contributed by atoms with Crippen LogP contribution in [0.25, 0.3) is 0 Å². The van der Waals surface area contributed by atoms with Gasteiger partial charge in [0.05, 0.1) is 23.6 Å². The van der Waals surface area contributed by atoms with Crippen LogP contribution in [0.1, 0.15) is 76.7 Å². The summed E-state index contributed by atoms with van der Waals surface area (Å²) in [7, 11) is -3.27. The quantitative estimate of drug-likeness (QED) is 0.451. The van der Waals surface area contributed by atoms with Crippen LogP contribution in [0.5, 0.6) is 0 Å². The topological polar surface area (TPSA) is 47.1 Å². The Hall–Kier alpha value is -0.436. The maximum absolute atomic E-state index is 6.99. The number of fused-ring (bicyclic) bond motifs is 6. The molecule has 0 aliphatic heterocycles. The molecule has 4 nitrogen and oxygen atoms in total. The number of aromatic nitrogens is 2. The second-order valence-electron chi connectivity index (χ2n) is 14.6. The van der Waals surface area contributed by atoms with Gasteiger partial charge in [0, 0.05) is 0 Å². The number of aromatic amines is 1. The lowest BCUT2D eigenvalue weighted by atomic mass is 9.44. The Morgan fingerprint density at radius 2 is 1.58 bits per heavy atom. The Kier molecular flexibility index (Phi) is 5.54. The fourth-order valence-electron chi connectivity index (χ4n) is 9.16. The second-order valence-corrected chi connectivity index (χ2v) is 23.5. The SMILES string of the molecule is C[C@@]12Cc3cn[nH]c3[C@@H](O[Si](C)(C)C)[C@H]1CCC1C2CC[C@]2(C)C1CC[C@@]2(C)O[Si](C)(C)C. The van der Waals surface area contributed by atoms with Crippen molar-refractivity contribution in [2.24, 2.45) is 34.5 Å². The lowest BCUT2D eigenvalue weighted by Crippen LogP contribution is -2.59. The smallest absolute Gasteiger partial charge is 0.184 e. The van der Waals surface area contributed by atoms with Crippen molar-refractivity contribution < 1.29 is 8.85 Å². The van der Waals surface area contributed by atoms with Gasteiger partial charge in [-0.05, 0) is 131 Å². The molecule has 0 radical (unpaired) electrons. The predicted molar refractivity (Wildman–Crippen MR) is 140 cm³/mol. The fourth-order valence-corrected chi connectivity index (χ4v) is 11.9. The van der Waals surface area contributed by atoms with Gasteiger partial charge in [-0.15, -0.1) is 0 Å². The molecule has 3 unspecified atom stereocenters. The van der Waals surface area contributed by atoms with Gasteiger partial charge < -0.3 is 8.85 Å². The summed E-state index contributed by atoms with van der Waals surface area (Å²) in [5.74, 6) is 3.03. The minimum Gasteiger partial charge on any atom is -0.412 e. The molecule has 0 aromatic carbocycles. The number of nitrogens with zero attached hydrogens (tertiary/aromatic N) is 1. The summed E-state index contributed by atoms with van der Waals surface area (Å²) < 4.78 is 13.9. The van der Waals surface area contributed by atoms with Crippen molar-refractivity contribution in [1.29, 1.82) is 0 Å². The number of hydrogen-bond acceptors (Lipinski definition) is 3. The van der Waals surface area contributed by atoms with Crippen molar-refractivity contribution in [3.8, 4) is 0 Å². The fraction of sp³-hybridized carbons (Fsp3) is 0.889. The van der Waals surface area contributed by atoms with Crippen LogP contribution >= 0.6 is 0 Å². The molecule has 3 fully saturated rings. The van der Waals surface area contributed by atoms with Gasteiger partial charge in [0.2, 0.25) is 0 Å². The van der Waals surface area contributed by atoms with Crippen LogP contribution in [0, 0.1) is 34.5 Å². The molecule has 1 N–H and O–H groups in total. The molecular weight excluding hydrogens is 440 g/mol. The first-order valence-electron chi connectivity index (χ1n) is 13.6. The third-order valence-electron chi connectivity index (χ3n) is 10.5. The van der Waals surface area contributed by atoms with E-state index in [4.69, 9.17) is 8.85 Å². The van der Waals surface area contributed by atoms with Gasteiger partial charge in [0.15, 0.2) is 16.6 Å². The molecule has 3 saturated carbocycles. The summed E-state index contributed by atoms with van der Waals surface area (Å²) in [5.41, 5.74) is 3.39. The predicted octanol–water partition coefficient (Wildman–Crippen LogP) is 7.33. The molecule has 5 rings (SSSR count). The molecule has 186 valence electrons. The zero-order valence-electron chi connectivity index (χ0n) is 22.7. The van der Waals surface area contributed by atoms with Crippen LogP contribution in [0.4, 0.5) is 0 Å². The third-order valence-corrected chi connectivity index (χ3v) is 12.5. The van der Waals surface area contributed by atoms with Crippen LogP contribution in [-0.4, -0.2) is 32.4 Å². The largest absolute Gasteiger partial charge is 0.412 e. The molecule has 6 heteroatoms. The second kappa shape index (κ2) is 7.53. The minimum absolute atomic E-state index is 0.0542. The third kappa shape index (κ3) is 3.77. The van der Waals surface area contributed by atoms with Crippen molar-refractivity contribution >= 4 is 16.6 Å². The van der Waals surface area contributed by atoms with E-state index in [1.54, 1.807) is 0 Å². The van der Waals surface area contributed by atoms with E-state index >= 15 is 0 Å². The van der Waals surface area contributed by atoms with Gasteiger partial charge in [-0.25, -0.2) is 0 Å². The van der Waals surface area contributed by atoms with Gasteiger partial charge in [-0.2, -0.15) is 5.10 Å². The zero-order valence-corrected chi connectivity index (χ0v) is 24.7. The molecular formula is C27H48N2O2Si2. The van der Waals surface area contributed by atoms with Crippen molar-refractivity contribution in [3.63, 3.8) is 0 Å². The van der Waals surface area contributed by atoms with Crippen LogP contribution in [-0.2, 0) is 15.3 Å². The van der Waals surface area contributed by atoms with E-state index in [1.807, 2.05) is 0 Å². The number of rotatable bonds is 4. The Morgan fingerprint density at radius 3 is 2.24 bits per heavy atom. The van der Waals surface area contributed by atoms with Crippen molar-refractivity contribution in [2.45, 2.75) is 117 Å². The lowest BCUT2D eigenvalue weighted by Gasteiger charge is -2.62. The van der Waals surface area contributed by atoms with Gasteiger partial charge in [0.1, 0.15) is 0 Å². The van der Waals surface area contributed by atoms with Crippen LogP contribution < -0.4 is 0 Å². The van der Waals surface area contributed by atoms with Crippen molar-refractivity contribution in [3.05, 3.63) is 17.5 Å². The molecule has 0 spiro atoms. The highest BCUT2D eigenvalue weighted by Gasteiger charge is 2.65. The molecule has 1 aromatic heterocycles. The summed E-state index contributed by atoms with van der Waals surface area (Å²) in [6, 6.07) is 0. The van der Waals surface area contributed by atoms with Crippen molar-refractivity contribution in [2.75, 3.05) is 0 Å². The molecule has 8 atom stereocenters. The van der Waals surface area contributed by atoms with Crippen LogP contribution in [0.15, 0.2) is 6.20 Å². The standard InChI is InChI=1S/C27H48N2O2Si2/c1-25-16-18-17-28-29-23(18)24(30-32(4,5)6)22(25)11-10-19-20(25)12-14-26(2)21(19)13-15-27(26,3)31-33(7,8)9/h17,19-22,24H,10-16H2,1-9H3,(H,28,29)/t19?,20?,21?,22-,24+,25+,26-,27-/m1/s1. The number of H-pyrrole nitrogens is 1. The van der Waals surface area contributed by atoms with E-state index in [0.717, 1.165) is 17.8 Å². The van der Waals surface area contributed by atoms with E-state index in [0.29, 0.717) is 16.7 Å². The number of hydrogen-bond donors (Lipinski definition) is 1. The van der Waals surface area contributed by atoms with Crippen LogP contribution in [0.2, 0.25) is 39.3 Å². The molecule has 0 bridgehead atoms. The molecule has 1 aromatic rings. The zero-order chi connectivity index (χ0) is 24.0. The highest BCUT2D eigenvalue weighted by molar-refractivity contribution is 6.70. The highest BCUT2D eigenvalue weighted by atomic mass is 28.4. The van der Waals surface area contributed by atoms with Gasteiger partial charge >= 0.3 is 0 Å². The van der Waals surface area contributed by atoms with E-state index in [1.165, 1.54) is 56.2 Å². The van der Waals surface area contributed by atoms with E-state index in [2.05, 4.69) is 76.4 Å². The maximum Gasteiger partial charge on any atom is 0.184 e. The van der Waals surface area contributed by atoms with Crippen LogP contribution in [0.3, 0.4) is 0 Å². The molecule has 0 saturated heterocycles. The maximum atomic E-state index is 6.99. The van der Waals surface area contributed by atoms with Gasteiger partial charge in [0.25, 0.3) is 0 Å². The number of nitrogens with one attached hydrogen (secondary N) is 1. The van der Waals surface area contributed by atoms with Crippen molar-refractivity contribution in [1.82, 2.24) is 10.2 Å². The normalized spacial score (nSPS) is 45.2. The highest BCUT2D eigenvalue weighted by Crippen LogP contribution is 2.69.